The lowest BCUT2D eigenvalue weighted by atomic mass is 9.94. The molecule has 0 amide bonds. The van der Waals surface area contributed by atoms with Gasteiger partial charge in [0.25, 0.3) is 0 Å². The Morgan fingerprint density at radius 3 is 2.38 bits per heavy atom. The fraction of sp³-hybridized carbons (Fsp3) is 0.438. The van der Waals surface area contributed by atoms with Gasteiger partial charge in [0.05, 0.1) is 5.92 Å². The van der Waals surface area contributed by atoms with E-state index in [2.05, 4.69) is 0 Å². The van der Waals surface area contributed by atoms with Gasteiger partial charge in [0, 0.05) is 18.8 Å². The van der Waals surface area contributed by atoms with Crippen LogP contribution in [0.2, 0.25) is 0 Å². The maximum absolute atomic E-state index is 11.9. The van der Waals surface area contributed by atoms with Crippen LogP contribution >= 0.6 is 0 Å². The Kier molecular flexibility index (Phi) is 4.85. The van der Waals surface area contributed by atoms with Crippen LogP contribution in [0.3, 0.4) is 0 Å². The second-order valence-electron chi connectivity index (χ2n) is 5.39. The third kappa shape index (κ3) is 3.98. The molecule has 21 heavy (non-hydrogen) atoms. The van der Waals surface area contributed by atoms with Crippen molar-refractivity contribution in [3.8, 4) is 0 Å². The second kappa shape index (κ2) is 6.63. The van der Waals surface area contributed by atoms with Crippen LogP contribution in [0, 0.1) is 11.8 Å². The monoisotopic (exact) mass is 290 g/mol. The fourth-order valence-corrected chi connectivity index (χ4v) is 2.48. The normalized spacial score (nSPS) is 19.9. The van der Waals surface area contributed by atoms with E-state index in [-0.39, 0.29) is 23.9 Å². The average Bonchev–Trinajstić information content (AvgIpc) is 3.19. The highest BCUT2D eigenvalue weighted by Crippen LogP contribution is 2.35. The van der Waals surface area contributed by atoms with Gasteiger partial charge >= 0.3 is 5.97 Å². The second-order valence-corrected chi connectivity index (χ2v) is 5.39. The molecule has 0 aliphatic heterocycles. The number of Topliss-reactive ketones (excluding diaryl/α,β-unsaturated/α-hetero) is 2. The van der Waals surface area contributed by atoms with Crippen molar-refractivity contribution in [1.82, 2.24) is 0 Å². The van der Waals surface area contributed by atoms with E-state index < -0.39 is 18.0 Å². The van der Waals surface area contributed by atoms with Gasteiger partial charge in [-0.15, -0.1) is 0 Å². The molecule has 0 bridgehead atoms. The van der Waals surface area contributed by atoms with Gasteiger partial charge in [-0.25, -0.2) is 0 Å². The minimum absolute atomic E-state index is 0.0157. The molecule has 1 aromatic carbocycles. The summed E-state index contributed by atoms with van der Waals surface area (Å²) in [7, 11) is 0. The summed E-state index contributed by atoms with van der Waals surface area (Å²) >= 11 is 0. The molecule has 2 unspecified atom stereocenters. The van der Waals surface area contributed by atoms with Crippen LogP contribution in [-0.4, -0.2) is 27.7 Å². The number of aliphatic carboxylic acids is 1. The molecule has 1 aliphatic carbocycles. The number of carbonyl (C=O) groups excluding carboxylic acids is 2. The van der Waals surface area contributed by atoms with Gasteiger partial charge in [-0.1, -0.05) is 30.3 Å². The number of hydrogen-bond acceptors (Lipinski definition) is 4. The summed E-state index contributed by atoms with van der Waals surface area (Å²) in [5.74, 6) is -2.40. The quantitative estimate of drug-likeness (QED) is 0.761. The Morgan fingerprint density at radius 2 is 1.86 bits per heavy atom. The zero-order valence-electron chi connectivity index (χ0n) is 11.6. The number of carboxylic acid groups (broad SMARTS) is 1. The summed E-state index contributed by atoms with van der Waals surface area (Å²) in [5, 5.41) is 19.0. The standard InChI is InChI=1S/C16H18O5/c17-13(15(19)10-5-2-1-3-6-10)8-4-7-11(16(20)21)12-9-14(12)18/h1-3,5-6,11-12,15,19H,4,7-9H2,(H,20,21)/t11?,12?,15-/m0/s1. The predicted octanol–water partition coefficient (Wildman–Crippen LogP) is 1.75. The molecule has 1 saturated carbocycles. The smallest absolute Gasteiger partial charge is 0.307 e. The van der Waals surface area contributed by atoms with E-state index in [0.29, 0.717) is 24.8 Å². The molecule has 0 heterocycles. The molecule has 1 aromatic rings. The number of ketones is 2. The Bertz CT molecular complexity index is 537. The lowest BCUT2D eigenvalue weighted by Crippen LogP contribution is -2.18. The summed E-state index contributed by atoms with van der Waals surface area (Å²) in [6.07, 6.45) is -0.0714. The number of aliphatic hydroxyl groups is 1. The van der Waals surface area contributed by atoms with E-state index >= 15 is 0 Å². The minimum atomic E-state index is -1.17. The van der Waals surface area contributed by atoms with E-state index in [4.69, 9.17) is 5.11 Å². The zero-order valence-corrected chi connectivity index (χ0v) is 11.6. The maximum atomic E-state index is 11.9. The molecule has 112 valence electrons. The van der Waals surface area contributed by atoms with Crippen LogP contribution in [0.4, 0.5) is 0 Å². The van der Waals surface area contributed by atoms with Crippen molar-refractivity contribution >= 4 is 17.5 Å². The van der Waals surface area contributed by atoms with Crippen LogP contribution < -0.4 is 0 Å². The molecule has 2 rings (SSSR count). The zero-order chi connectivity index (χ0) is 15.4. The van der Waals surface area contributed by atoms with Crippen LogP contribution in [0.25, 0.3) is 0 Å². The molecular formula is C16H18O5. The van der Waals surface area contributed by atoms with Gasteiger partial charge in [-0.05, 0) is 18.4 Å². The van der Waals surface area contributed by atoms with Gasteiger partial charge < -0.3 is 10.2 Å². The van der Waals surface area contributed by atoms with Crippen molar-refractivity contribution in [1.29, 1.82) is 0 Å². The van der Waals surface area contributed by atoms with Crippen molar-refractivity contribution in [2.45, 2.75) is 31.8 Å². The van der Waals surface area contributed by atoms with Crippen molar-refractivity contribution < 1.29 is 24.6 Å². The fourth-order valence-electron chi connectivity index (χ4n) is 2.48. The van der Waals surface area contributed by atoms with Crippen molar-refractivity contribution in [3.05, 3.63) is 35.9 Å². The molecule has 1 fully saturated rings. The highest BCUT2D eigenvalue weighted by molar-refractivity contribution is 5.99. The molecule has 0 radical (unpaired) electrons. The van der Waals surface area contributed by atoms with E-state index in [9.17, 15) is 19.5 Å². The molecule has 0 spiro atoms. The predicted molar refractivity (Wildman–Crippen MR) is 74.5 cm³/mol. The van der Waals surface area contributed by atoms with E-state index in [1.165, 1.54) is 0 Å². The average molecular weight is 290 g/mol. The Hall–Kier alpha value is -2.01. The van der Waals surface area contributed by atoms with Crippen LogP contribution in [-0.2, 0) is 14.4 Å². The van der Waals surface area contributed by atoms with Crippen LogP contribution in [0.15, 0.2) is 30.3 Å². The molecule has 5 nitrogen and oxygen atoms in total. The van der Waals surface area contributed by atoms with Crippen molar-refractivity contribution in [2.24, 2.45) is 11.8 Å². The summed E-state index contributed by atoms with van der Waals surface area (Å²) in [6, 6.07) is 8.62. The molecule has 0 saturated heterocycles. The molecule has 5 heteroatoms. The Morgan fingerprint density at radius 1 is 1.24 bits per heavy atom. The third-order valence-electron chi connectivity index (χ3n) is 3.84. The molecule has 1 aliphatic rings. The number of carbonyl (C=O) groups is 3. The maximum Gasteiger partial charge on any atom is 0.307 e. The van der Waals surface area contributed by atoms with Gasteiger partial charge in [0.2, 0.25) is 0 Å². The number of aliphatic hydroxyl groups excluding tert-OH is 1. The van der Waals surface area contributed by atoms with Crippen molar-refractivity contribution in [3.63, 3.8) is 0 Å². The van der Waals surface area contributed by atoms with Gasteiger partial charge in [-0.2, -0.15) is 0 Å². The number of hydrogen-bond donors (Lipinski definition) is 2. The molecule has 2 N–H and O–H groups in total. The number of rotatable bonds is 8. The third-order valence-corrected chi connectivity index (χ3v) is 3.84. The highest BCUT2D eigenvalue weighted by atomic mass is 16.4. The van der Waals surface area contributed by atoms with Gasteiger partial charge in [-0.3, -0.25) is 14.4 Å². The van der Waals surface area contributed by atoms with Gasteiger partial charge in [0.1, 0.15) is 11.9 Å². The van der Waals surface area contributed by atoms with E-state index in [1.807, 2.05) is 0 Å². The first kappa shape index (κ1) is 15.4. The summed E-state index contributed by atoms with van der Waals surface area (Å²) in [5.41, 5.74) is 0.537. The van der Waals surface area contributed by atoms with E-state index in [0.717, 1.165) is 0 Å². The minimum Gasteiger partial charge on any atom is -0.481 e. The Balaban J connectivity index is 1.81. The molecule has 0 aromatic heterocycles. The van der Waals surface area contributed by atoms with Crippen LogP contribution in [0.1, 0.15) is 37.4 Å². The highest BCUT2D eigenvalue weighted by Gasteiger charge is 2.44. The summed E-state index contributed by atoms with van der Waals surface area (Å²) in [6.45, 7) is 0. The largest absolute Gasteiger partial charge is 0.481 e. The SMILES string of the molecule is O=C(O)C(CCCC(=O)[C@@H](O)c1ccccc1)C1CC1=O. The molecule has 3 atom stereocenters. The topological polar surface area (TPSA) is 91.7 Å². The Labute approximate surface area is 122 Å². The summed E-state index contributed by atoms with van der Waals surface area (Å²) < 4.78 is 0. The lowest BCUT2D eigenvalue weighted by Gasteiger charge is -2.12. The number of carboxylic acids is 1. The number of benzene rings is 1. The molecular weight excluding hydrogens is 272 g/mol. The van der Waals surface area contributed by atoms with Gasteiger partial charge in [0.15, 0.2) is 5.78 Å². The van der Waals surface area contributed by atoms with E-state index in [1.54, 1.807) is 30.3 Å². The first-order chi connectivity index (χ1) is 10.0. The van der Waals surface area contributed by atoms with Crippen molar-refractivity contribution in [2.75, 3.05) is 0 Å². The van der Waals surface area contributed by atoms with Crippen LogP contribution in [0.5, 0.6) is 0 Å². The summed E-state index contributed by atoms with van der Waals surface area (Å²) in [4.78, 5) is 34.0. The lowest BCUT2D eigenvalue weighted by molar-refractivity contribution is -0.143. The first-order valence-electron chi connectivity index (χ1n) is 7.02. The first-order valence-corrected chi connectivity index (χ1v) is 7.02.